The van der Waals surface area contributed by atoms with Crippen molar-refractivity contribution in [1.82, 2.24) is 20.3 Å². The van der Waals surface area contributed by atoms with Crippen molar-refractivity contribution in [3.8, 4) is 11.5 Å². The maximum Gasteiger partial charge on any atom is 0.223 e. The standard InChI is InChI=1S/C27H38N4O5/c1-33-25-12-20-4-6-31(17-22(20)13-26(25)34-2)27(32)14-19-3-5-28-16-21(19)11-23-15-24(36-29-23)18-30-7-9-35-10-8-30/h12-13,15,19,21,28H,3-11,14,16-18H2,1-2H3/t19-,21+/m1/s1. The summed E-state index contributed by atoms with van der Waals surface area (Å²) < 4.78 is 22.0. The smallest absolute Gasteiger partial charge is 0.223 e. The third-order valence-corrected chi connectivity index (χ3v) is 7.83. The molecule has 0 spiro atoms. The van der Waals surface area contributed by atoms with Gasteiger partial charge in [-0.05, 0) is 67.4 Å². The molecule has 2 saturated heterocycles. The number of piperidine rings is 1. The Labute approximate surface area is 213 Å². The second-order valence-electron chi connectivity index (χ2n) is 10.1. The van der Waals surface area contributed by atoms with Gasteiger partial charge in [0.2, 0.25) is 5.91 Å². The van der Waals surface area contributed by atoms with Crippen LogP contribution >= 0.6 is 0 Å². The number of carbonyl (C=O) groups excluding carboxylic acids is 1. The van der Waals surface area contributed by atoms with Crippen molar-refractivity contribution < 1.29 is 23.5 Å². The van der Waals surface area contributed by atoms with E-state index in [1.165, 1.54) is 5.56 Å². The molecule has 0 saturated carbocycles. The zero-order chi connectivity index (χ0) is 24.9. The van der Waals surface area contributed by atoms with Crippen molar-refractivity contribution in [3.05, 3.63) is 40.8 Å². The van der Waals surface area contributed by atoms with Crippen molar-refractivity contribution in [2.45, 2.75) is 38.8 Å². The Bertz CT molecular complexity index is 1040. The van der Waals surface area contributed by atoms with Gasteiger partial charge >= 0.3 is 0 Å². The van der Waals surface area contributed by atoms with E-state index in [9.17, 15) is 4.79 Å². The molecule has 3 aliphatic heterocycles. The van der Waals surface area contributed by atoms with E-state index in [2.05, 4.69) is 21.4 Å². The molecular formula is C27H38N4O5. The summed E-state index contributed by atoms with van der Waals surface area (Å²) in [6.45, 7) is 7.39. The molecule has 196 valence electrons. The summed E-state index contributed by atoms with van der Waals surface area (Å²) in [6.07, 6.45) is 3.25. The fourth-order valence-electron chi connectivity index (χ4n) is 5.71. The number of methoxy groups -OCH3 is 2. The van der Waals surface area contributed by atoms with E-state index in [4.69, 9.17) is 18.7 Å². The molecule has 4 heterocycles. The largest absolute Gasteiger partial charge is 0.493 e. The first-order valence-electron chi connectivity index (χ1n) is 13.1. The van der Waals surface area contributed by atoms with Crippen LogP contribution in [0.2, 0.25) is 0 Å². The average molecular weight is 499 g/mol. The highest BCUT2D eigenvalue weighted by Gasteiger charge is 2.31. The Hall–Kier alpha value is -2.62. The molecule has 36 heavy (non-hydrogen) atoms. The van der Waals surface area contributed by atoms with Crippen LogP contribution in [0.3, 0.4) is 0 Å². The molecule has 9 heteroatoms. The fourth-order valence-corrected chi connectivity index (χ4v) is 5.71. The number of nitrogens with zero attached hydrogens (tertiary/aromatic N) is 3. The minimum atomic E-state index is 0.237. The molecule has 9 nitrogen and oxygen atoms in total. The number of benzene rings is 1. The lowest BCUT2D eigenvalue weighted by atomic mass is 9.80. The van der Waals surface area contributed by atoms with Gasteiger partial charge in [-0.3, -0.25) is 9.69 Å². The molecular weight excluding hydrogens is 460 g/mol. The van der Waals surface area contributed by atoms with Crippen molar-refractivity contribution in [1.29, 1.82) is 0 Å². The van der Waals surface area contributed by atoms with E-state index < -0.39 is 0 Å². The zero-order valence-corrected chi connectivity index (χ0v) is 21.5. The molecule has 0 unspecified atom stereocenters. The van der Waals surface area contributed by atoms with Gasteiger partial charge < -0.3 is 29.0 Å². The quantitative estimate of drug-likeness (QED) is 0.593. The highest BCUT2D eigenvalue weighted by Crippen LogP contribution is 2.34. The summed E-state index contributed by atoms with van der Waals surface area (Å²) in [6, 6.07) is 6.15. The van der Waals surface area contributed by atoms with Gasteiger partial charge in [-0.2, -0.15) is 0 Å². The molecule has 2 aromatic rings. The second kappa shape index (κ2) is 11.6. The molecule has 2 fully saturated rings. The molecule has 2 atom stereocenters. The van der Waals surface area contributed by atoms with E-state index in [0.717, 1.165) is 94.5 Å². The van der Waals surface area contributed by atoms with Crippen molar-refractivity contribution in [2.24, 2.45) is 11.8 Å². The summed E-state index contributed by atoms with van der Waals surface area (Å²) in [5.41, 5.74) is 3.36. The van der Waals surface area contributed by atoms with Crippen LogP contribution in [-0.4, -0.2) is 81.0 Å². The molecule has 0 aliphatic carbocycles. The van der Waals surface area contributed by atoms with E-state index >= 15 is 0 Å². The summed E-state index contributed by atoms with van der Waals surface area (Å²) in [7, 11) is 3.30. The number of fused-ring (bicyclic) bond motifs is 1. The number of ether oxygens (including phenoxy) is 3. The third kappa shape index (κ3) is 5.85. The first-order chi connectivity index (χ1) is 17.6. The maximum atomic E-state index is 13.4. The Morgan fingerprint density at radius 2 is 1.86 bits per heavy atom. The summed E-state index contributed by atoms with van der Waals surface area (Å²) in [5.74, 6) is 3.30. The van der Waals surface area contributed by atoms with Crippen LogP contribution in [0.15, 0.2) is 22.7 Å². The van der Waals surface area contributed by atoms with Crippen LogP contribution < -0.4 is 14.8 Å². The molecule has 0 radical (unpaired) electrons. The van der Waals surface area contributed by atoms with Crippen LogP contribution in [0.1, 0.15) is 35.4 Å². The monoisotopic (exact) mass is 498 g/mol. The average Bonchev–Trinajstić information content (AvgIpc) is 3.35. The van der Waals surface area contributed by atoms with Gasteiger partial charge in [-0.1, -0.05) is 5.16 Å². The van der Waals surface area contributed by atoms with E-state index in [-0.39, 0.29) is 5.91 Å². The third-order valence-electron chi connectivity index (χ3n) is 7.83. The van der Waals surface area contributed by atoms with Crippen molar-refractivity contribution >= 4 is 5.91 Å². The number of nitrogens with one attached hydrogen (secondary N) is 1. The first-order valence-corrected chi connectivity index (χ1v) is 13.1. The molecule has 3 aliphatic rings. The molecule has 1 N–H and O–H groups in total. The van der Waals surface area contributed by atoms with Crippen LogP contribution in [0.4, 0.5) is 0 Å². The van der Waals surface area contributed by atoms with Gasteiger partial charge in [0.25, 0.3) is 0 Å². The number of carbonyl (C=O) groups is 1. The highest BCUT2D eigenvalue weighted by molar-refractivity contribution is 5.77. The summed E-state index contributed by atoms with van der Waals surface area (Å²) in [4.78, 5) is 17.7. The van der Waals surface area contributed by atoms with Crippen LogP contribution in [-0.2, 0) is 35.5 Å². The number of hydrogen-bond donors (Lipinski definition) is 1. The van der Waals surface area contributed by atoms with Crippen molar-refractivity contribution in [2.75, 3.05) is 60.2 Å². The molecule has 0 bridgehead atoms. The Morgan fingerprint density at radius 3 is 2.64 bits per heavy atom. The predicted octanol–water partition coefficient (Wildman–Crippen LogP) is 2.27. The zero-order valence-electron chi connectivity index (χ0n) is 21.5. The Balaban J connectivity index is 1.18. The Kier molecular flexibility index (Phi) is 8.09. The van der Waals surface area contributed by atoms with Gasteiger partial charge in [0, 0.05) is 38.7 Å². The van der Waals surface area contributed by atoms with Crippen LogP contribution in [0, 0.1) is 11.8 Å². The van der Waals surface area contributed by atoms with Gasteiger partial charge in [0.15, 0.2) is 17.3 Å². The van der Waals surface area contributed by atoms with E-state index in [1.54, 1.807) is 14.2 Å². The lowest BCUT2D eigenvalue weighted by Crippen LogP contribution is -2.42. The second-order valence-corrected chi connectivity index (χ2v) is 10.1. The molecule has 5 rings (SSSR count). The lowest BCUT2D eigenvalue weighted by molar-refractivity contribution is -0.133. The topological polar surface area (TPSA) is 89.3 Å². The highest BCUT2D eigenvalue weighted by atomic mass is 16.5. The number of hydrogen-bond acceptors (Lipinski definition) is 8. The molecule has 1 aromatic heterocycles. The summed E-state index contributed by atoms with van der Waals surface area (Å²) in [5, 5.41) is 7.87. The fraction of sp³-hybridized carbons (Fsp3) is 0.630. The molecule has 1 amide bonds. The number of morpholine rings is 1. The summed E-state index contributed by atoms with van der Waals surface area (Å²) >= 11 is 0. The van der Waals surface area contributed by atoms with Gasteiger partial charge in [-0.25, -0.2) is 0 Å². The number of amides is 1. The lowest BCUT2D eigenvalue weighted by Gasteiger charge is -2.35. The minimum Gasteiger partial charge on any atom is -0.493 e. The number of rotatable bonds is 8. The van der Waals surface area contributed by atoms with Gasteiger partial charge in [0.1, 0.15) is 0 Å². The minimum absolute atomic E-state index is 0.237. The van der Waals surface area contributed by atoms with E-state index in [0.29, 0.717) is 30.6 Å². The van der Waals surface area contributed by atoms with Crippen LogP contribution in [0.5, 0.6) is 11.5 Å². The van der Waals surface area contributed by atoms with Gasteiger partial charge in [0.05, 0.1) is 39.7 Å². The van der Waals surface area contributed by atoms with Crippen LogP contribution in [0.25, 0.3) is 0 Å². The van der Waals surface area contributed by atoms with Crippen molar-refractivity contribution in [3.63, 3.8) is 0 Å². The first kappa shape index (κ1) is 25.0. The predicted molar refractivity (Wildman–Crippen MR) is 134 cm³/mol. The SMILES string of the molecule is COc1cc2c(cc1OC)CN(C(=O)C[C@H]1CCNC[C@@H]1Cc1cc(CN3CCOCC3)on1)CC2. The van der Waals surface area contributed by atoms with Gasteiger partial charge in [-0.15, -0.1) is 0 Å². The molecule has 1 aromatic carbocycles. The number of aromatic nitrogens is 1. The van der Waals surface area contributed by atoms with E-state index in [1.807, 2.05) is 17.0 Å². The normalized spacial score (nSPS) is 22.8. The maximum absolute atomic E-state index is 13.4. The Morgan fingerprint density at radius 1 is 1.08 bits per heavy atom.